The molecule has 0 fully saturated rings. The number of fused-ring (bicyclic) bond motifs is 2. The largest absolute Gasteiger partial charge is 0.497 e. The maximum absolute atomic E-state index is 10.7. The van der Waals surface area contributed by atoms with Crippen molar-refractivity contribution in [3.8, 4) is 17.3 Å². The molecule has 0 aliphatic rings. The quantitative estimate of drug-likeness (QED) is 0.616. The Balaban J connectivity index is 1.88. The molecular weight excluding hydrogens is 314 g/mol. The third-order valence-electron chi connectivity index (χ3n) is 4.40. The SMILES string of the molecule is COc1ccc2cn(-c3ccc4ccc(N(C)C)nc4c3)c(O)c2c1. The first-order valence-electron chi connectivity index (χ1n) is 8.03. The predicted octanol–water partition coefficient (Wildman–Crippen LogP) is 3.96. The van der Waals surface area contributed by atoms with Crippen LogP contribution in [0, 0.1) is 0 Å². The average Bonchev–Trinajstić information content (AvgIpc) is 2.96. The number of aromatic hydroxyl groups is 1. The van der Waals surface area contributed by atoms with Crippen LogP contribution >= 0.6 is 0 Å². The standard InChI is InChI=1S/C20H19N3O2/c1-22(2)19-9-6-13-4-7-15(10-18(13)21-19)23-12-14-5-8-16(25-3)11-17(14)20(23)24/h4-12,24H,1-3H3. The molecule has 2 aromatic heterocycles. The molecule has 2 heterocycles. The number of ether oxygens (including phenoxy) is 1. The van der Waals surface area contributed by atoms with E-state index in [0.29, 0.717) is 0 Å². The van der Waals surface area contributed by atoms with E-state index in [1.165, 1.54) is 0 Å². The molecule has 126 valence electrons. The van der Waals surface area contributed by atoms with Crippen LogP contribution in [-0.4, -0.2) is 35.9 Å². The molecule has 0 bridgehead atoms. The van der Waals surface area contributed by atoms with Crippen LogP contribution in [0.15, 0.2) is 54.7 Å². The van der Waals surface area contributed by atoms with Crippen molar-refractivity contribution in [2.75, 3.05) is 26.1 Å². The van der Waals surface area contributed by atoms with Gasteiger partial charge < -0.3 is 14.7 Å². The van der Waals surface area contributed by atoms with Crippen LogP contribution in [0.5, 0.6) is 11.6 Å². The van der Waals surface area contributed by atoms with Crippen molar-refractivity contribution in [3.63, 3.8) is 0 Å². The summed E-state index contributed by atoms with van der Waals surface area (Å²) in [4.78, 5) is 6.65. The second-order valence-electron chi connectivity index (χ2n) is 6.22. The van der Waals surface area contributed by atoms with E-state index in [0.717, 1.165) is 38.9 Å². The zero-order valence-electron chi connectivity index (χ0n) is 14.4. The van der Waals surface area contributed by atoms with Crippen LogP contribution in [-0.2, 0) is 0 Å². The summed E-state index contributed by atoms with van der Waals surface area (Å²) < 4.78 is 7.02. The predicted molar refractivity (Wildman–Crippen MR) is 101 cm³/mol. The van der Waals surface area contributed by atoms with Crippen LogP contribution in [0.1, 0.15) is 0 Å². The van der Waals surface area contributed by atoms with Crippen molar-refractivity contribution in [2.45, 2.75) is 0 Å². The number of nitrogens with zero attached hydrogens (tertiary/aromatic N) is 3. The van der Waals surface area contributed by atoms with Crippen LogP contribution < -0.4 is 9.64 Å². The van der Waals surface area contributed by atoms with Gasteiger partial charge in [-0.05, 0) is 42.5 Å². The molecule has 25 heavy (non-hydrogen) atoms. The van der Waals surface area contributed by atoms with Crippen LogP contribution in [0.25, 0.3) is 27.4 Å². The highest BCUT2D eigenvalue weighted by Gasteiger charge is 2.11. The molecule has 4 aromatic rings. The molecule has 0 amide bonds. The van der Waals surface area contributed by atoms with E-state index in [-0.39, 0.29) is 5.88 Å². The minimum Gasteiger partial charge on any atom is -0.497 e. The summed E-state index contributed by atoms with van der Waals surface area (Å²) >= 11 is 0. The van der Waals surface area contributed by atoms with Gasteiger partial charge in [-0.25, -0.2) is 4.98 Å². The normalized spacial score (nSPS) is 11.2. The summed E-state index contributed by atoms with van der Waals surface area (Å²) in [5.74, 6) is 1.81. The number of hydrogen-bond acceptors (Lipinski definition) is 4. The van der Waals surface area contributed by atoms with Gasteiger partial charge >= 0.3 is 0 Å². The summed E-state index contributed by atoms with van der Waals surface area (Å²) in [7, 11) is 5.55. The number of aromatic nitrogens is 2. The van der Waals surface area contributed by atoms with Gasteiger partial charge in [-0.3, -0.25) is 4.57 Å². The molecule has 0 saturated heterocycles. The first-order chi connectivity index (χ1) is 12.1. The maximum atomic E-state index is 10.7. The minimum absolute atomic E-state index is 0.192. The Morgan fingerprint density at radius 1 is 1.00 bits per heavy atom. The number of pyridine rings is 1. The van der Waals surface area contributed by atoms with Crippen molar-refractivity contribution >= 4 is 27.5 Å². The molecule has 0 radical (unpaired) electrons. The zero-order valence-corrected chi connectivity index (χ0v) is 14.4. The summed E-state index contributed by atoms with van der Waals surface area (Å²) in [6.45, 7) is 0. The van der Waals surface area contributed by atoms with E-state index in [1.807, 2.05) is 67.7 Å². The molecular formula is C20H19N3O2. The Morgan fingerprint density at radius 3 is 2.52 bits per heavy atom. The van der Waals surface area contributed by atoms with Crippen LogP contribution in [0.3, 0.4) is 0 Å². The number of methoxy groups -OCH3 is 1. The fourth-order valence-electron chi connectivity index (χ4n) is 2.99. The second-order valence-corrected chi connectivity index (χ2v) is 6.22. The van der Waals surface area contributed by atoms with Gasteiger partial charge in [0.25, 0.3) is 0 Å². The number of anilines is 1. The maximum Gasteiger partial charge on any atom is 0.203 e. The summed E-state index contributed by atoms with van der Waals surface area (Å²) in [6.07, 6.45) is 1.92. The molecule has 2 aromatic carbocycles. The average molecular weight is 333 g/mol. The highest BCUT2D eigenvalue weighted by atomic mass is 16.5. The lowest BCUT2D eigenvalue weighted by Gasteiger charge is -2.12. The molecule has 4 rings (SSSR count). The van der Waals surface area contributed by atoms with E-state index >= 15 is 0 Å². The highest BCUT2D eigenvalue weighted by Crippen LogP contribution is 2.33. The van der Waals surface area contributed by atoms with Gasteiger partial charge in [-0.1, -0.05) is 6.07 Å². The van der Waals surface area contributed by atoms with Crippen molar-refractivity contribution in [2.24, 2.45) is 0 Å². The first-order valence-corrected chi connectivity index (χ1v) is 8.03. The molecule has 0 saturated carbocycles. The van der Waals surface area contributed by atoms with Crippen LogP contribution in [0.2, 0.25) is 0 Å². The zero-order chi connectivity index (χ0) is 17.6. The van der Waals surface area contributed by atoms with Crippen molar-refractivity contribution in [1.29, 1.82) is 0 Å². The topological polar surface area (TPSA) is 50.5 Å². The number of benzene rings is 2. The van der Waals surface area contributed by atoms with Gasteiger partial charge in [0.1, 0.15) is 11.6 Å². The van der Waals surface area contributed by atoms with E-state index in [4.69, 9.17) is 4.74 Å². The number of rotatable bonds is 3. The van der Waals surface area contributed by atoms with Gasteiger partial charge in [0, 0.05) is 36.5 Å². The second kappa shape index (κ2) is 5.70. The molecule has 0 aliphatic heterocycles. The van der Waals surface area contributed by atoms with E-state index in [1.54, 1.807) is 11.7 Å². The Hall–Kier alpha value is -3.21. The van der Waals surface area contributed by atoms with Gasteiger partial charge in [0.2, 0.25) is 5.88 Å². The lowest BCUT2D eigenvalue weighted by Crippen LogP contribution is -2.10. The third-order valence-corrected chi connectivity index (χ3v) is 4.40. The number of hydrogen-bond donors (Lipinski definition) is 1. The lowest BCUT2D eigenvalue weighted by atomic mass is 10.2. The third kappa shape index (κ3) is 2.54. The smallest absolute Gasteiger partial charge is 0.203 e. The van der Waals surface area contributed by atoms with Gasteiger partial charge in [-0.15, -0.1) is 0 Å². The van der Waals surface area contributed by atoms with E-state index in [9.17, 15) is 5.11 Å². The van der Waals surface area contributed by atoms with Crippen LogP contribution in [0.4, 0.5) is 5.82 Å². The molecule has 0 unspecified atom stereocenters. The molecule has 0 aliphatic carbocycles. The Morgan fingerprint density at radius 2 is 1.76 bits per heavy atom. The monoisotopic (exact) mass is 333 g/mol. The van der Waals surface area contributed by atoms with E-state index < -0.39 is 0 Å². The Kier molecular flexibility index (Phi) is 3.50. The molecule has 0 atom stereocenters. The summed E-state index contributed by atoms with van der Waals surface area (Å²) in [5, 5.41) is 13.4. The summed E-state index contributed by atoms with van der Waals surface area (Å²) in [5.41, 5.74) is 1.75. The first kappa shape index (κ1) is 15.3. The molecule has 5 nitrogen and oxygen atoms in total. The fraction of sp³-hybridized carbons (Fsp3) is 0.150. The Bertz CT molecular complexity index is 1080. The Labute approximate surface area is 145 Å². The highest BCUT2D eigenvalue weighted by molar-refractivity contribution is 5.90. The molecule has 5 heteroatoms. The lowest BCUT2D eigenvalue weighted by molar-refractivity contribution is 0.414. The molecule has 0 spiro atoms. The van der Waals surface area contributed by atoms with Crippen molar-refractivity contribution < 1.29 is 9.84 Å². The van der Waals surface area contributed by atoms with Gasteiger partial charge in [0.15, 0.2) is 0 Å². The minimum atomic E-state index is 0.192. The fourth-order valence-corrected chi connectivity index (χ4v) is 2.99. The summed E-state index contributed by atoms with van der Waals surface area (Å²) in [6, 6.07) is 15.7. The van der Waals surface area contributed by atoms with Crippen molar-refractivity contribution in [1.82, 2.24) is 9.55 Å². The van der Waals surface area contributed by atoms with Gasteiger partial charge in [-0.2, -0.15) is 0 Å². The van der Waals surface area contributed by atoms with E-state index in [2.05, 4.69) is 11.1 Å². The van der Waals surface area contributed by atoms with Gasteiger partial charge in [0.05, 0.1) is 18.3 Å². The molecule has 1 N–H and O–H groups in total. The van der Waals surface area contributed by atoms with Crippen molar-refractivity contribution in [3.05, 3.63) is 54.7 Å².